The molecule has 2 heterocycles. The molecule has 0 spiro atoms. The number of rotatable bonds is 3. The molecule has 1 aliphatic heterocycles. The first-order valence-corrected chi connectivity index (χ1v) is 7.71. The summed E-state index contributed by atoms with van der Waals surface area (Å²) in [5.41, 5.74) is 5.85. The van der Waals surface area contributed by atoms with E-state index in [1.54, 1.807) is 4.90 Å². The van der Waals surface area contributed by atoms with E-state index in [1.165, 1.54) is 11.3 Å². The molecule has 0 saturated carbocycles. The molecular formula is C14H21N3O2S. The van der Waals surface area contributed by atoms with Gasteiger partial charge in [-0.15, -0.1) is 0 Å². The smallest absolute Gasteiger partial charge is 0.254 e. The SMILES string of the molecule is CC(C)(CN)C(=O)N1CCN(C(=O)c2ccsc2)CC1. The van der Waals surface area contributed by atoms with Crippen LogP contribution in [0.2, 0.25) is 0 Å². The van der Waals surface area contributed by atoms with E-state index >= 15 is 0 Å². The molecule has 0 aliphatic carbocycles. The second kappa shape index (κ2) is 5.93. The molecule has 0 atom stereocenters. The van der Waals surface area contributed by atoms with E-state index in [4.69, 9.17) is 5.73 Å². The van der Waals surface area contributed by atoms with Gasteiger partial charge in [0.25, 0.3) is 5.91 Å². The van der Waals surface area contributed by atoms with Crippen LogP contribution in [-0.4, -0.2) is 54.3 Å². The van der Waals surface area contributed by atoms with Crippen LogP contribution in [0.4, 0.5) is 0 Å². The Morgan fingerprint density at radius 1 is 1.25 bits per heavy atom. The molecule has 1 aromatic rings. The summed E-state index contributed by atoms with van der Waals surface area (Å²) in [6.07, 6.45) is 0. The van der Waals surface area contributed by atoms with Gasteiger partial charge in [0, 0.05) is 38.1 Å². The van der Waals surface area contributed by atoms with Gasteiger partial charge in [0.15, 0.2) is 0 Å². The Morgan fingerprint density at radius 3 is 2.35 bits per heavy atom. The predicted octanol–water partition coefficient (Wildman–Crippen LogP) is 1.02. The van der Waals surface area contributed by atoms with Gasteiger partial charge in [-0.1, -0.05) is 0 Å². The van der Waals surface area contributed by atoms with E-state index in [0.29, 0.717) is 32.7 Å². The highest BCUT2D eigenvalue weighted by atomic mass is 32.1. The maximum atomic E-state index is 12.3. The molecule has 2 N–H and O–H groups in total. The molecule has 0 radical (unpaired) electrons. The fourth-order valence-corrected chi connectivity index (χ4v) is 2.83. The topological polar surface area (TPSA) is 66.6 Å². The number of carbonyl (C=O) groups is 2. The molecule has 0 bridgehead atoms. The van der Waals surface area contributed by atoms with Crippen molar-refractivity contribution in [2.75, 3.05) is 32.7 Å². The third-order valence-corrected chi connectivity index (χ3v) is 4.39. The zero-order valence-electron chi connectivity index (χ0n) is 12.0. The molecule has 1 aliphatic rings. The summed E-state index contributed by atoms with van der Waals surface area (Å²) >= 11 is 1.52. The molecule has 2 amide bonds. The Morgan fingerprint density at radius 2 is 1.85 bits per heavy atom. The number of carbonyl (C=O) groups excluding carboxylic acids is 2. The first-order valence-electron chi connectivity index (χ1n) is 6.76. The van der Waals surface area contributed by atoms with Crippen molar-refractivity contribution in [3.8, 4) is 0 Å². The van der Waals surface area contributed by atoms with Crippen LogP contribution in [0.25, 0.3) is 0 Å². The van der Waals surface area contributed by atoms with Gasteiger partial charge in [0.05, 0.1) is 11.0 Å². The van der Waals surface area contributed by atoms with Crippen molar-refractivity contribution in [3.05, 3.63) is 22.4 Å². The second-order valence-corrected chi connectivity index (χ2v) is 6.46. The number of hydrogen-bond acceptors (Lipinski definition) is 4. The van der Waals surface area contributed by atoms with Gasteiger partial charge in [-0.25, -0.2) is 0 Å². The Hall–Kier alpha value is -1.40. The minimum atomic E-state index is -0.528. The zero-order chi connectivity index (χ0) is 14.8. The van der Waals surface area contributed by atoms with Crippen LogP contribution in [0.3, 0.4) is 0 Å². The Kier molecular flexibility index (Phi) is 4.45. The van der Waals surface area contributed by atoms with E-state index in [1.807, 2.05) is 35.6 Å². The Labute approximate surface area is 123 Å². The molecule has 110 valence electrons. The van der Waals surface area contributed by atoms with E-state index in [-0.39, 0.29) is 11.8 Å². The minimum absolute atomic E-state index is 0.0523. The number of nitrogens with two attached hydrogens (primary N) is 1. The lowest BCUT2D eigenvalue weighted by Crippen LogP contribution is -2.54. The molecule has 0 unspecified atom stereocenters. The highest BCUT2D eigenvalue weighted by Gasteiger charge is 2.33. The number of nitrogens with zero attached hydrogens (tertiary/aromatic N) is 2. The van der Waals surface area contributed by atoms with Crippen molar-refractivity contribution in [2.24, 2.45) is 11.1 Å². The van der Waals surface area contributed by atoms with Crippen LogP contribution >= 0.6 is 11.3 Å². The summed E-state index contributed by atoms with van der Waals surface area (Å²) in [6.45, 7) is 6.38. The lowest BCUT2D eigenvalue weighted by molar-refractivity contribution is -0.141. The minimum Gasteiger partial charge on any atom is -0.339 e. The average molecular weight is 295 g/mol. The third kappa shape index (κ3) is 3.02. The highest BCUT2D eigenvalue weighted by Crippen LogP contribution is 2.19. The number of piperazine rings is 1. The molecule has 1 fully saturated rings. The molecule has 20 heavy (non-hydrogen) atoms. The van der Waals surface area contributed by atoms with Gasteiger partial charge in [-0.3, -0.25) is 9.59 Å². The standard InChI is InChI=1S/C14H21N3O2S/c1-14(2,10-15)13(19)17-6-4-16(5-7-17)12(18)11-3-8-20-9-11/h3,8-9H,4-7,10,15H2,1-2H3. The van der Waals surface area contributed by atoms with Gasteiger partial charge < -0.3 is 15.5 Å². The molecule has 6 heteroatoms. The summed E-state index contributed by atoms with van der Waals surface area (Å²) in [5.74, 6) is 0.124. The maximum Gasteiger partial charge on any atom is 0.254 e. The molecule has 0 aromatic carbocycles. The van der Waals surface area contributed by atoms with Crippen molar-refractivity contribution in [2.45, 2.75) is 13.8 Å². The summed E-state index contributed by atoms with van der Waals surface area (Å²) in [5, 5.41) is 3.76. The van der Waals surface area contributed by atoms with Crippen LogP contribution in [0.1, 0.15) is 24.2 Å². The van der Waals surface area contributed by atoms with E-state index in [0.717, 1.165) is 5.56 Å². The number of hydrogen-bond donors (Lipinski definition) is 1. The van der Waals surface area contributed by atoms with Crippen molar-refractivity contribution in [1.82, 2.24) is 9.80 Å². The summed E-state index contributed by atoms with van der Waals surface area (Å²) < 4.78 is 0. The number of amides is 2. The van der Waals surface area contributed by atoms with Gasteiger partial charge in [0.2, 0.25) is 5.91 Å². The fourth-order valence-electron chi connectivity index (χ4n) is 2.20. The third-order valence-electron chi connectivity index (χ3n) is 3.71. The molecule has 1 aromatic heterocycles. The lowest BCUT2D eigenvalue weighted by atomic mass is 9.91. The van der Waals surface area contributed by atoms with Crippen LogP contribution in [0, 0.1) is 5.41 Å². The lowest BCUT2D eigenvalue weighted by Gasteiger charge is -2.38. The second-order valence-electron chi connectivity index (χ2n) is 5.68. The van der Waals surface area contributed by atoms with Crippen molar-refractivity contribution in [1.29, 1.82) is 0 Å². The van der Waals surface area contributed by atoms with Gasteiger partial charge in [0.1, 0.15) is 0 Å². The zero-order valence-corrected chi connectivity index (χ0v) is 12.8. The first-order chi connectivity index (χ1) is 9.45. The molecular weight excluding hydrogens is 274 g/mol. The predicted molar refractivity (Wildman–Crippen MR) is 79.6 cm³/mol. The van der Waals surface area contributed by atoms with Gasteiger partial charge >= 0.3 is 0 Å². The summed E-state index contributed by atoms with van der Waals surface area (Å²) in [4.78, 5) is 28.1. The van der Waals surface area contributed by atoms with E-state index in [9.17, 15) is 9.59 Å². The monoisotopic (exact) mass is 295 g/mol. The molecule has 2 rings (SSSR count). The largest absolute Gasteiger partial charge is 0.339 e. The normalized spacial score (nSPS) is 16.4. The van der Waals surface area contributed by atoms with Crippen LogP contribution in [0.5, 0.6) is 0 Å². The van der Waals surface area contributed by atoms with Crippen molar-refractivity contribution < 1.29 is 9.59 Å². The van der Waals surface area contributed by atoms with Crippen LogP contribution in [-0.2, 0) is 4.79 Å². The molecule has 5 nitrogen and oxygen atoms in total. The van der Waals surface area contributed by atoms with Crippen molar-refractivity contribution >= 4 is 23.2 Å². The summed E-state index contributed by atoms with van der Waals surface area (Å²) in [6, 6.07) is 1.84. The van der Waals surface area contributed by atoms with Gasteiger partial charge in [-0.2, -0.15) is 11.3 Å². The van der Waals surface area contributed by atoms with E-state index in [2.05, 4.69) is 0 Å². The number of thiophene rings is 1. The summed E-state index contributed by atoms with van der Waals surface area (Å²) in [7, 11) is 0. The quantitative estimate of drug-likeness (QED) is 0.905. The van der Waals surface area contributed by atoms with Crippen LogP contribution in [0.15, 0.2) is 16.8 Å². The highest BCUT2D eigenvalue weighted by molar-refractivity contribution is 7.08. The first kappa shape index (κ1) is 15.0. The fraction of sp³-hybridized carbons (Fsp3) is 0.571. The van der Waals surface area contributed by atoms with Gasteiger partial charge in [-0.05, 0) is 25.3 Å². The Balaban J connectivity index is 1.93. The Bertz CT molecular complexity index is 477. The van der Waals surface area contributed by atoms with Crippen molar-refractivity contribution in [3.63, 3.8) is 0 Å². The van der Waals surface area contributed by atoms with E-state index < -0.39 is 5.41 Å². The van der Waals surface area contributed by atoms with Crippen LogP contribution < -0.4 is 5.73 Å². The molecule has 1 saturated heterocycles. The average Bonchev–Trinajstić information content (AvgIpc) is 3.00. The maximum absolute atomic E-state index is 12.3.